The van der Waals surface area contributed by atoms with Gasteiger partial charge in [-0.25, -0.2) is 0 Å². The molecule has 0 aliphatic rings. The minimum Gasteiger partial charge on any atom is -0.375 e. The summed E-state index contributed by atoms with van der Waals surface area (Å²) < 4.78 is 8.55. The van der Waals surface area contributed by atoms with Crippen LogP contribution in [0.3, 0.4) is 0 Å². The van der Waals surface area contributed by atoms with Crippen molar-refractivity contribution in [1.29, 1.82) is 0 Å². The first-order chi connectivity index (χ1) is 9.17. The summed E-state index contributed by atoms with van der Waals surface area (Å²) in [5.74, 6) is -0.119. The van der Waals surface area contributed by atoms with Crippen LogP contribution in [0.1, 0.15) is 12.6 Å². The Morgan fingerprint density at radius 2 is 2.26 bits per heavy atom. The second-order valence-corrected chi connectivity index (χ2v) is 4.29. The van der Waals surface area contributed by atoms with E-state index in [0.29, 0.717) is 13.1 Å². The molecule has 2 aromatic rings. The summed E-state index contributed by atoms with van der Waals surface area (Å²) in [7, 11) is 1.50. The molecule has 104 valence electrons. The number of carbonyl (C=O) groups excluding carboxylic acids is 1. The Labute approximate surface area is 111 Å². The average Bonchev–Trinajstić information content (AvgIpc) is 2.92. The topological polar surface area (TPSA) is 74.0 Å². The Hall–Kier alpha value is -1.89. The normalized spacial score (nSPS) is 11.1. The molecule has 2 aromatic heterocycles. The highest BCUT2D eigenvalue weighted by atomic mass is 16.5. The summed E-state index contributed by atoms with van der Waals surface area (Å²) in [6.07, 6.45) is 1.82. The zero-order valence-corrected chi connectivity index (χ0v) is 11.5. The number of hydrogen-bond acceptors (Lipinski definition) is 4. The van der Waals surface area contributed by atoms with E-state index in [9.17, 15) is 4.79 Å². The second kappa shape index (κ2) is 5.83. The molecule has 0 atom stereocenters. The lowest BCUT2D eigenvalue weighted by Crippen LogP contribution is -2.30. The number of nitrogens with one attached hydrogen (secondary N) is 1. The number of rotatable bonds is 6. The molecular formula is C12H19N5O2. The van der Waals surface area contributed by atoms with Crippen molar-refractivity contribution in [3.63, 3.8) is 0 Å². The van der Waals surface area contributed by atoms with Gasteiger partial charge in [-0.2, -0.15) is 10.2 Å². The number of aryl methyl sites for hydroxylation is 2. The number of nitrogens with zero attached hydrogens (tertiary/aromatic N) is 4. The van der Waals surface area contributed by atoms with E-state index in [-0.39, 0.29) is 12.5 Å². The second-order valence-electron chi connectivity index (χ2n) is 4.29. The largest absolute Gasteiger partial charge is 0.375 e. The van der Waals surface area contributed by atoms with E-state index < -0.39 is 0 Å². The van der Waals surface area contributed by atoms with Crippen molar-refractivity contribution >= 4 is 16.9 Å². The molecule has 0 fully saturated rings. The minimum atomic E-state index is -0.119. The van der Waals surface area contributed by atoms with Crippen LogP contribution in [0.25, 0.3) is 11.0 Å². The van der Waals surface area contributed by atoms with E-state index in [1.165, 1.54) is 7.11 Å². The Balaban J connectivity index is 2.05. The summed E-state index contributed by atoms with van der Waals surface area (Å²) in [5.41, 5.74) is 3.02. The van der Waals surface area contributed by atoms with Crippen molar-refractivity contribution in [3.05, 3.63) is 11.9 Å². The van der Waals surface area contributed by atoms with Gasteiger partial charge in [0.05, 0.1) is 18.4 Å². The van der Waals surface area contributed by atoms with Crippen LogP contribution in [-0.2, 0) is 22.6 Å². The average molecular weight is 265 g/mol. The first kappa shape index (κ1) is 13.5. The van der Waals surface area contributed by atoms with Crippen LogP contribution in [-0.4, -0.2) is 45.7 Å². The van der Waals surface area contributed by atoms with Gasteiger partial charge in [0.25, 0.3) is 0 Å². The first-order valence-corrected chi connectivity index (χ1v) is 6.32. The van der Waals surface area contributed by atoms with Crippen LogP contribution in [0.2, 0.25) is 0 Å². The monoisotopic (exact) mass is 265 g/mol. The van der Waals surface area contributed by atoms with E-state index in [2.05, 4.69) is 15.5 Å². The molecule has 7 nitrogen and oxygen atoms in total. The molecule has 0 aromatic carbocycles. The number of amides is 1. The van der Waals surface area contributed by atoms with Crippen molar-refractivity contribution in [1.82, 2.24) is 24.9 Å². The van der Waals surface area contributed by atoms with Gasteiger partial charge in [0, 0.05) is 20.2 Å². The Bertz CT molecular complexity index is 572. The van der Waals surface area contributed by atoms with Crippen molar-refractivity contribution in [2.45, 2.75) is 26.9 Å². The molecule has 0 radical (unpaired) electrons. The maximum absolute atomic E-state index is 11.3. The number of methoxy groups -OCH3 is 1. The van der Waals surface area contributed by atoms with Crippen LogP contribution < -0.4 is 5.32 Å². The third-order valence-electron chi connectivity index (χ3n) is 2.93. The van der Waals surface area contributed by atoms with E-state index >= 15 is 0 Å². The summed E-state index contributed by atoms with van der Waals surface area (Å²) in [4.78, 5) is 11.3. The number of hydrogen-bond donors (Lipinski definition) is 1. The fourth-order valence-corrected chi connectivity index (χ4v) is 2.11. The van der Waals surface area contributed by atoms with Gasteiger partial charge in [0.15, 0.2) is 0 Å². The summed E-state index contributed by atoms with van der Waals surface area (Å²) in [6, 6.07) is 0. The number of carbonyl (C=O) groups is 1. The molecule has 2 heterocycles. The molecule has 0 saturated carbocycles. The van der Waals surface area contributed by atoms with E-state index in [1.54, 1.807) is 0 Å². The van der Waals surface area contributed by atoms with Crippen LogP contribution in [0, 0.1) is 6.92 Å². The molecule has 0 bridgehead atoms. The first-order valence-electron chi connectivity index (χ1n) is 6.32. The molecular weight excluding hydrogens is 246 g/mol. The van der Waals surface area contributed by atoms with Crippen LogP contribution in [0.15, 0.2) is 6.20 Å². The maximum Gasteiger partial charge on any atom is 0.246 e. The Morgan fingerprint density at radius 1 is 1.47 bits per heavy atom. The standard InChI is InChI=1S/C12H19N5O2/c1-4-16-10-7-14-17(12(10)9(2)15-16)6-5-13-11(18)8-19-3/h7H,4-6,8H2,1-3H3,(H,13,18). The predicted octanol–water partition coefficient (Wildman–Crippen LogP) is 0.324. The Morgan fingerprint density at radius 3 is 2.95 bits per heavy atom. The number of ether oxygens (including phenoxy) is 1. The zero-order valence-electron chi connectivity index (χ0n) is 11.5. The van der Waals surface area contributed by atoms with Gasteiger partial charge >= 0.3 is 0 Å². The van der Waals surface area contributed by atoms with Crippen LogP contribution >= 0.6 is 0 Å². The molecule has 19 heavy (non-hydrogen) atoms. The van der Waals surface area contributed by atoms with Gasteiger partial charge in [-0.05, 0) is 13.8 Å². The van der Waals surface area contributed by atoms with Gasteiger partial charge in [0.2, 0.25) is 5.91 Å². The zero-order chi connectivity index (χ0) is 13.8. The number of fused-ring (bicyclic) bond motifs is 1. The predicted molar refractivity (Wildman–Crippen MR) is 70.8 cm³/mol. The quantitative estimate of drug-likeness (QED) is 0.816. The molecule has 1 amide bonds. The lowest BCUT2D eigenvalue weighted by molar-refractivity contribution is -0.124. The molecule has 2 rings (SSSR count). The highest BCUT2D eigenvalue weighted by Gasteiger charge is 2.12. The highest BCUT2D eigenvalue weighted by Crippen LogP contribution is 2.17. The summed E-state index contributed by atoms with van der Waals surface area (Å²) >= 11 is 0. The molecule has 0 saturated heterocycles. The van der Waals surface area contributed by atoms with E-state index in [1.807, 2.05) is 29.4 Å². The van der Waals surface area contributed by atoms with E-state index in [0.717, 1.165) is 23.3 Å². The Kier molecular flexibility index (Phi) is 4.16. The smallest absolute Gasteiger partial charge is 0.246 e. The van der Waals surface area contributed by atoms with Crippen molar-refractivity contribution in [2.24, 2.45) is 0 Å². The lowest BCUT2D eigenvalue weighted by atomic mass is 10.4. The SMILES string of the molecule is CCn1nc(C)c2c1cnn2CCNC(=O)COC. The summed E-state index contributed by atoms with van der Waals surface area (Å²) in [5, 5.41) is 11.6. The third kappa shape index (κ3) is 2.76. The minimum absolute atomic E-state index is 0.0846. The van der Waals surface area contributed by atoms with Gasteiger partial charge < -0.3 is 10.1 Å². The molecule has 0 aliphatic carbocycles. The van der Waals surface area contributed by atoms with Gasteiger partial charge in [-0.1, -0.05) is 0 Å². The molecule has 0 spiro atoms. The number of aromatic nitrogens is 4. The van der Waals surface area contributed by atoms with Crippen LogP contribution in [0.4, 0.5) is 0 Å². The van der Waals surface area contributed by atoms with Crippen LogP contribution in [0.5, 0.6) is 0 Å². The van der Waals surface area contributed by atoms with E-state index in [4.69, 9.17) is 4.74 Å². The van der Waals surface area contributed by atoms with Gasteiger partial charge in [-0.3, -0.25) is 14.2 Å². The molecule has 7 heteroatoms. The summed E-state index contributed by atoms with van der Waals surface area (Å²) in [6.45, 7) is 6.07. The molecule has 1 N–H and O–H groups in total. The molecule has 0 unspecified atom stereocenters. The van der Waals surface area contributed by atoms with Gasteiger partial charge in [0.1, 0.15) is 17.6 Å². The van der Waals surface area contributed by atoms with Crippen molar-refractivity contribution < 1.29 is 9.53 Å². The van der Waals surface area contributed by atoms with Crippen molar-refractivity contribution in [3.8, 4) is 0 Å². The third-order valence-corrected chi connectivity index (χ3v) is 2.93. The lowest BCUT2D eigenvalue weighted by Gasteiger charge is -2.05. The highest BCUT2D eigenvalue weighted by molar-refractivity contribution is 5.78. The fourth-order valence-electron chi connectivity index (χ4n) is 2.11. The maximum atomic E-state index is 11.3. The fraction of sp³-hybridized carbons (Fsp3) is 0.583. The molecule has 0 aliphatic heterocycles. The van der Waals surface area contributed by atoms with Gasteiger partial charge in [-0.15, -0.1) is 0 Å². The van der Waals surface area contributed by atoms with Crippen molar-refractivity contribution in [2.75, 3.05) is 20.3 Å².